The molecular formula is C13H24N2O2. The molecular weight excluding hydrogens is 216 g/mol. The Hall–Kier alpha value is -1.06. The molecule has 0 radical (unpaired) electrons. The number of carbonyl (C=O) groups excluding carboxylic acids is 2. The van der Waals surface area contributed by atoms with E-state index >= 15 is 0 Å². The number of rotatable bonds is 4. The Morgan fingerprint density at radius 1 is 1.41 bits per heavy atom. The lowest BCUT2D eigenvalue weighted by atomic mass is 10.0. The van der Waals surface area contributed by atoms with Crippen LogP contribution in [0.15, 0.2) is 0 Å². The minimum atomic E-state index is -0.388. The highest BCUT2D eigenvalue weighted by molar-refractivity contribution is 5.90. The van der Waals surface area contributed by atoms with Crippen LogP contribution in [-0.4, -0.2) is 35.3 Å². The van der Waals surface area contributed by atoms with Gasteiger partial charge >= 0.3 is 0 Å². The summed E-state index contributed by atoms with van der Waals surface area (Å²) < 4.78 is 0. The van der Waals surface area contributed by atoms with Gasteiger partial charge in [0.15, 0.2) is 0 Å². The van der Waals surface area contributed by atoms with Crippen LogP contribution in [0.1, 0.15) is 47.0 Å². The van der Waals surface area contributed by atoms with Gasteiger partial charge in [-0.25, -0.2) is 0 Å². The van der Waals surface area contributed by atoms with E-state index in [-0.39, 0.29) is 23.9 Å². The first-order chi connectivity index (χ1) is 7.95. The number of nitrogens with zero attached hydrogens (tertiary/aromatic N) is 1. The zero-order valence-electron chi connectivity index (χ0n) is 11.3. The maximum atomic E-state index is 12.2. The van der Waals surface area contributed by atoms with Crippen molar-refractivity contribution in [3.05, 3.63) is 0 Å². The van der Waals surface area contributed by atoms with Crippen molar-refractivity contribution < 1.29 is 9.59 Å². The average Bonchev–Trinajstić information content (AvgIpc) is 2.31. The standard InChI is InChI=1S/C13H24N2O2/c1-5-6-9(2)8-15-10(3)7-12(16)14-11(4)13(15)17/h9-11H,5-8H2,1-4H3,(H,14,16). The molecule has 0 aliphatic carbocycles. The number of hydrogen-bond donors (Lipinski definition) is 1. The Morgan fingerprint density at radius 2 is 2.06 bits per heavy atom. The summed E-state index contributed by atoms with van der Waals surface area (Å²) in [7, 11) is 0. The summed E-state index contributed by atoms with van der Waals surface area (Å²) in [5, 5.41) is 2.73. The molecule has 1 aliphatic heterocycles. The zero-order chi connectivity index (χ0) is 13.0. The average molecular weight is 240 g/mol. The molecule has 0 aromatic carbocycles. The van der Waals surface area contributed by atoms with Crippen LogP contribution in [0.4, 0.5) is 0 Å². The molecule has 1 saturated heterocycles. The van der Waals surface area contributed by atoms with Crippen molar-refractivity contribution in [2.75, 3.05) is 6.54 Å². The SMILES string of the molecule is CCCC(C)CN1C(=O)C(C)NC(=O)CC1C. The van der Waals surface area contributed by atoms with Gasteiger partial charge in [0.05, 0.1) is 0 Å². The molecule has 0 spiro atoms. The van der Waals surface area contributed by atoms with Crippen molar-refractivity contribution in [2.45, 2.75) is 59.0 Å². The highest BCUT2D eigenvalue weighted by Crippen LogP contribution is 2.16. The van der Waals surface area contributed by atoms with Crippen LogP contribution < -0.4 is 5.32 Å². The third-order valence-corrected chi connectivity index (χ3v) is 3.33. The van der Waals surface area contributed by atoms with E-state index < -0.39 is 0 Å². The highest BCUT2D eigenvalue weighted by Gasteiger charge is 2.31. The fourth-order valence-electron chi connectivity index (χ4n) is 2.40. The number of amides is 2. The maximum absolute atomic E-state index is 12.2. The molecule has 1 aliphatic rings. The monoisotopic (exact) mass is 240 g/mol. The van der Waals surface area contributed by atoms with E-state index in [1.165, 1.54) is 0 Å². The minimum Gasteiger partial charge on any atom is -0.345 e. The molecule has 1 rings (SSSR count). The van der Waals surface area contributed by atoms with Gasteiger partial charge in [-0.05, 0) is 26.2 Å². The minimum absolute atomic E-state index is 0.00626. The summed E-state index contributed by atoms with van der Waals surface area (Å²) in [5.41, 5.74) is 0. The Labute approximate surface area is 104 Å². The fraction of sp³-hybridized carbons (Fsp3) is 0.846. The molecule has 0 aromatic heterocycles. The van der Waals surface area contributed by atoms with Crippen LogP contribution in [0.3, 0.4) is 0 Å². The van der Waals surface area contributed by atoms with Crippen LogP contribution in [0.25, 0.3) is 0 Å². The van der Waals surface area contributed by atoms with Gasteiger partial charge in [-0.2, -0.15) is 0 Å². The van der Waals surface area contributed by atoms with Crippen LogP contribution in [0, 0.1) is 5.92 Å². The van der Waals surface area contributed by atoms with E-state index in [0.717, 1.165) is 19.4 Å². The van der Waals surface area contributed by atoms with Gasteiger partial charge in [0, 0.05) is 19.0 Å². The molecule has 0 bridgehead atoms. The lowest BCUT2D eigenvalue weighted by molar-refractivity contribution is -0.135. The van der Waals surface area contributed by atoms with Gasteiger partial charge in [-0.1, -0.05) is 20.3 Å². The summed E-state index contributed by atoms with van der Waals surface area (Å²) >= 11 is 0. The highest BCUT2D eigenvalue weighted by atomic mass is 16.2. The van der Waals surface area contributed by atoms with Crippen LogP contribution in [0.5, 0.6) is 0 Å². The van der Waals surface area contributed by atoms with E-state index in [1.54, 1.807) is 6.92 Å². The predicted octanol–water partition coefficient (Wildman–Crippen LogP) is 1.55. The van der Waals surface area contributed by atoms with E-state index in [0.29, 0.717) is 12.3 Å². The second-order valence-corrected chi connectivity index (χ2v) is 5.23. The van der Waals surface area contributed by atoms with Gasteiger partial charge < -0.3 is 10.2 Å². The van der Waals surface area contributed by atoms with Crippen molar-refractivity contribution in [2.24, 2.45) is 5.92 Å². The van der Waals surface area contributed by atoms with E-state index in [9.17, 15) is 9.59 Å². The lowest BCUT2D eigenvalue weighted by Gasteiger charge is -2.30. The Kier molecular flexibility index (Phi) is 4.97. The molecule has 4 heteroatoms. The molecule has 98 valence electrons. The number of carbonyl (C=O) groups is 2. The van der Waals surface area contributed by atoms with Crippen molar-refractivity contribution in [1.82, 2.24) is 10.2 Å². The van der Waals surface area contributed by atoms with Crippen molar-refractivity contribution in [3.63, 3.8) is 0 Å². The fourth-order valence-corrected chi connectivity index (χ4v) is 2.40. The van der Waals surface area contributed by atoms with Gasteiger partial charge in [-0.15, -0.1) is 0 Å². The lowest BCUT2D eigenvalue weighted by Crippen LogP contribution is -2.46. The third kappa shape index (κ3) is 3.72. The van der Waals surface area contributed by atoms with Crippen LogP contribution >= 0.6 is 0 Å². The van der Waals surface area contributed by atoms with E-state index in [4.69, 9.17) is 0 Å². The van der Waals surface area contributed by atoms with E-state index in [1.807, 2.05) is 11.8 Å². The van der Waals surface area contributed by atoms with E-state index in [2.05, 4.69) is 19.2 Å². The third-order valence-electron chi connectivity index (χ3n) is 3.33. The van der Waals surface area contributed by atoms with Crippen molar-refractivity contribution in [3.8, 4) is 0 Å². The molecule has 0 saturated carbocycles. The molecule has 1 fully saturated rings. The molecule has 3 unspecified atom stereocenters. The zero-order valence-corrected chi connectivity index (χ0v) is 11.3. The molecule has 17 heavy (non-hydrogen) atoms. The summed E-state index contributed by atoms with van der Waals surface area (Å²) in [6, 6.07) is -0.381. The van der Waals surface area contributed by atoms with Crippen LogP contribution in [0.2, 0.25) is 0 Å². The molecule has 1 N–H and O–H groups in total. The molecule has 2 amide bonds. The summed E-state index contributed by atoms with van der Waals surface area (Å²) in [6.45, 7) is 8.78. The summed E-state index contributed by atoms with van der Waals surface area (Å²) in [4.78, 5) is 25.5. The first-order valence-corrected chi connectivity index (χ1v) is 6.55. The summed E-state index contributed by atoms with van der Waals surface area (Å²) in [6.07, 6.45) is 2.66. The number of nitrogens with one attached hydrogen (secondary N) is 1. The first kappa shape index (κ1) is 14.0. The topological polar surface area (TPSA) is 49.4 Å². The predicted molar refractivity (Wildman–Crippen MR) is 67.5 cm³/mol. The second kappa shape index (κ2) is 6.03. The Balaban J connectivity index is 2.72. The van der Waals surface area contributed by atoms with Gasteiger partial charge in [0.25, 0.3) is 0 Å². The second-order valence-electron chi connectivity index (χ2n) is 5.23. The quantitative estimate of drug-likeness (QED) is 0.810. The maximum Gasteiger partial charge on any atom is 0.245 e. The first-order valence-electron chi connectivity index (χ1n) is 6.55. The van der Waals surface area contributed by atoms with Crippen molar-refractivity contribution in [1.29, 1.82) is 0 Å². The van der Waals surface area contributed by atoms with Gasteiger partial charge in [-0.3, -0.25) is 9.59 Å². The normalized spacial score (nSPS) is 27.6. The largest absolute Gasteiger partial charge is 0.345 e. The number of hydrogen-bond acceptors (Lipinski definition) is 2. The van der Waals surface area contributed by atoms with Crippen molar-refractivity contribution >= 4 is 11.8 Å². The molecule has 3 atom stereocenters. The molecule has 0 aromatic rings. The Morgan fingerprint density at radius 3 is 2.65 bits per heavy atom. The van der Waals surface area contributed by atoms with Gasteiger partial charge in [0.2, 0.25) is 11.8 Å². The summed E-state index contributed by atoms with van der Waals surface area (Å²) in [5.74, 6) is 0.516. The molecule has 4 nitrogen and oxygen atoms in total. The van der Waals surface area contributed by atoms with Gasteiger partial charge in [0.1, 0.15) is 6.04 Å². The molecule has 1 heterocycles. The van der Waals surface area contributed by atoms with Crippen LogP contribution in [-0.2, 0) is 9.59 Å². The smallest absolute Gasteiger partial charge is 0.245 e. The Bertz CT molecular complexity index is 291.